The molecule has 2 unspecified atom stereocenters. The van der Waals surface area contributed by atoms with E-state index in [-0.39, 0.29) is 25.5 Å². The Labute approximate surface area is 194 Å². The normalized spacial score (nSPS) is 21.6. The molecule has 1 saturated heterocycles. The molecular weight excluding hydrogens is 460 g/mol. The van der Waals surface area contributed by atoms with Crippen molar-refractivity contribution in [2.45, 2.75) is 37.4 Å². The van der Waals surface area contributed by atoms with Crippen LogP contribution in [0.15, 0.2) is 35.2 Å². The Morgan fingerprint density at radius 2 is 1.88 bits per heavy atom. The first-order valence-corrected chi connectivity index (χ1v) is 11.3. The summed E-state index contributed by atoms with van der Waals surface area (Å²) in [5, 5.41) is 3.74. The highest BCUT2D eigenvalue weighted by molar-refractivity contribution is 8.02. The lowest BCUT2D eigenvalue weighted by atomic mass is 9.98. The molecule has 0 radical (unpaired) electrons. The lowest BCUT2D eigenvalue weighted by molar-refractivity contribution is -0.164. The smallest absolute Gasteiger partial charge is 0.333 e. The van der Waals surface area contributed by atoms with Crippen molar-refractivity contribution in [3.05, 3.63) is 40.8 Å². The Balaban J connectivity index is 1.74. The zero-order chi connectivity index (χ0) is 23.3. The number of ether oxygens (including phenoxy) is 3. The largest absolute Gasteiger partial charge is 0.497 e. The number of nitrogens with one attached hydrogen (secondary N) is 1. The summed E-state index contributed by atoms with van der Waals surface area (Å²) in [5.41, 5.74) is 1.18. The van der Waals surface area contributed by atoms with Crippen molar-refractivity contribution < 1.29 is 33.4 Å². The van der Waals surface area contributed by atoms with E-state index in [9.17, 15) is 19.2 Å². The van der Waals surface area contributed by atoms with Crippen molar-refractivity contribution in [3.8, 4) is 5.75 Å². The SMILES string of the molecule is CCC(=O)OCC1=CS[C@H]2C(NC(=O)CCl)C(=O)N2C1C(=O)OCc1ccc(OC)cc1. The standard InChI is InChI=1S/C21H23ClN2O7S/c1-3-16(26)30-10-13-11-32-20-17(23-15(25)8-22)19(27)24(20)18(13)21(28)31-9-12-4-6-14(29-2)7-5-12/h4-7,11,17-18,20H,3,8-10H2,1-2H3,(H,23,25)/t17?,18?,20-/m0/s1. The van der Waals surface area contributed by atoms with E-state index in [2.05, 4.69) is 5.32 Å². The van der Waals surface area contributed by atoms with Gasteiger partial charge in [0.1, 0.15) is 36.3 Å². The molecule has 1 N–H and O–H groups in total. The lowest BCUT2D eigenvalue weighted by Crippen LogP contribution is -2.74. The number of benzene rings is 1. The van der Waals surface area contributed by atoms with Gasteiger partial charge in [-0.2, -0.15) is 0 Å². The second-order valence-electron chi connectivity index (χ2n) is 7.02. The molecule has 0 spiro atoms. The Hall–Kier alpha value is -2.72. The summed E-state index contributed by atoms with van der Waals surface area (Å²) < 4.78 is 15.8. The number of hydrogen-bond donors (Lipinski definition) is 1. The molecule has 0 saturated carbocycles. The molecule has 1 aromatic carbocycles. The summed E-state index contributed by atoms with van der Waals surface area (Å²) in [4.78, 5) is 50.3. The number of thioether (sulfide) groups is 1. The summed E-state index contributed by atoms with van der Waals surface area (Å²) in [6, 6.07) is 5.17. The van der Waals surface area contributed by atoms with E-state index >= 15 is 0 Å². The maximum Gasteiger partial charge on any atom is 0.333 e. The van der Waals surface area contributed by atoms with Crippen LogP contribution in [0.2, 0.25) is 0 Å². The van der Waals surface area contributed by atoms with Crippen molar-refractivity contribution in [2.75, 3.05) is 19.6 Å². The van der Waals surface area contributed by atoms with Gasteiger partial charge in [-0.15, -0.1) is 23.4 Å². The van der Waals surface area contributed by atoms with Crippen LogP contribution in [0.4, 0.5) is 0 Å². The van der Waals surface area contributed by atoms with E-state index in [0.29, 0.717) is 11.3 Å². The third kappa shape index (κ3) is 5.18. The van der Waals surface area contributed by atoms with Crippen LogP contribution in [0.3, 0.4) is 0 Å². The van der Waals surface area contributed by atoms with Crippen LogP contribution < -0.4 is 10.1 Å². The molecule has 32 heavy (non-hydrogen) atoms. The van der Waals surface area contributed by atoms with Gasteiger partial charge in [-0.1, -0.05) is 19.1 Å². The molecule has 2 aliphatic rings. The molecule has 3 rings (SSSR count). The molecule has 2 heterocycles. The summed E-state index contributed by atoms with van der Waals surface area (Å²) >= 11 is 6.78. The van der Waals surface area contributed by atoms with E-state index in [1.807, 2.05) is 0 Å². The van der Waals surface area contributed by atoms with Crippen LogP contribution >= 0.6 is 23.4 Å². The average molecular weight is 483 g/mol. The van der Waals surface area contributed by atoms with Crippen LogP contribution in [0.1, 0.15) is 18.9 Å². The highest BCUT2D eigenvalue weighted by Crippen LogP contribution is 2.40. The fourth-order valence-electron chi connectivity index (χ4n) is 3.25. The van der Waals surface area contributed by atoms with Crippen LogP contribution in [-0.2, 0) is 35.3 Å². The third-order valence-electron chi connectivity index (χ3n) is 4.96. The van der Waals surface area contributed by atoms with Crippen LogP contribution in [-0.4, -0.2) is 65.7 Å². The van der Waals surface area contributed by atoms with Gasteiger partial charge in [0, 0.05) is 12.0 Å². The number of fused-ring (bicyclic) bond motifs is 1. The average Bonchev–Trinajstić information content (AvgIpc) is 2.83. The second kappa shape index (κ2) is 10.7. The number of nitrogens with zero attached hydrogens (tertiary/aromatic N) is 1. The molecule has 9 nitrogen and oxygen atoms in total. The quantitative estimate of drug-likeness (QED) is 0.321. The molecule has 172 valence electrons. The fraction of sp³-hybridized carbons (Fsp3) is 0.429. The summed E-state index contributed by atoms with van der Waals surface area (Å²) in [7, 11) is 1.55. The Bertz CT molecular complexity index is 921. The maximum absolute atomic E-state index is 13.0. The molecular formula is C21H23ClN2O7S. The van der Waals surface area contributed by atoms with Crippen molar-refractivity contribution in [1.29, 1.82) is 0 Å². The second-order valence-corrected chi connectivity index (χ2v) is 8.27. The number of methoxy groups -OCH3 is 1. The lowest BCUT2D eigenvalue weighted by Gasteiger charge is -2.51. The van der Waals surface area contributed by atoms with E-state index in [4.69, 9.17) is 25.8 Å². The molecule has 0 aliphatic carbocycles. The first-order chi connectivity index (χ1) is 15.4. The van der Waals surface area contributed by atoms with E-state index in [1.54, 1.807) is 43.7 Å². The van der Waals surface area contributed by atoms with Gasteiger partial charge in [0.15, 0.2) is 6.04 Å². The fourth-order valence-corrected chi connectivity index (χ4v) is 4.54. The number of halogens is 1. The maximum atomic E-state index is 13.0. The van der Waals surface area contributed by atoms with Crippen molar-refractivity contribution in [1.82, 2.24) is 10.2 Å². The van der Waals surface area contributed by atoms with Gasteiger partial charge in [0.25, 0.3) is 0 Å². The number of esters is 2. The Morgan fingerprint density at radius 3 is 2.50 bits per heavy atom. The number of alkyl halides is 1. The number of hydrogen-bond acceptors (Lipinski definition) is 8. The third-order valence-corrected chi connectivity index (χ3v) is 6.42. The first-order valence-electron chi connectivity index (χ1n) is 9.86. The number of amides is 2. The van der Waals surface area contributed by atoms with Crippen molar-refractivity contribution in [2.24, 2.45) is 0 Å². The molecule has 11 heteroatoms. The van der Waals surface area contributed by atoms with Crippen molar-refractivity contribution >= 4 is 47.1 Å². The molecule has 2 amide bonds. The summed E-state index contributed by atoms with van der Waals surface area (Å²) in [6.07, 6.45) is 0.185. The molecule has 0 aromatic heterocycles. The summed E-state index contributed by atoms with van der Waals surface area (Å²) in [6.45, 7) is 1.51. The number of carbonyl (C=O) groups is 4. The minimum absolute atomic E-state index is 0.00634. The Kier molecular flexibility index (Phi) is 8.03. The minimum Gasteiger partial charge on any atom is -0.497 e. The van der Waals surface area contributed by atoms with Gasteiger partial charge in [-0.05, 0) is 23.1 Å². The van der Waals surface area contributed by atoms with E-state index in [0.717, 1.165) is 5.56 Å². The van der Waals surface area contributed by atoms with E-state index in [1.165, 1.54) is 16.7 Å². The first kappa shape index (κ1) is 23.9. The van der Waals surface area contributed by atoms with Gasteiger partial charge in [-0.3, -0.25) is 14.4 Å². The molecule has 1 aromatic rings. The molecule has 1 fully saturated rings. The van der Waals surface area contributed by atoms with Gasteiger partial charge in [0.2, 0.25) is 11.8 Å². The minimum atomic E-state index is -1.05. The van der Waals surface area contributed by atoms with Gasteiger partial charge in [0.05, 0.1) is 7.11 Å². The molecule has 3 atom stereocenters. The number of carbonyl (C=O) groups excluding carboxylic acids is 4. The van der Waals surface area contributed by atoms with Crippen LogP contribution in [0.5, 0.6) is 5.75 Å². The zero-order valence-electron chi connectivity index (χ0n) is 17.5. The molecule has 2 aliphatic heterocycles. The Morgan fingerprint density at radius 1 is 1.16 bits per heavy atom. The topological polar surface area (TPSA) is 111 Å². The summed E-state index contributed by atoms with van der Waals surface area (Å²) in [5.74, 6) is -1.59. The van der Waals surface area contributed by atoms with Crippen molar-refractivity contribution in [3.63, 3.8) is 0 Å². The van der Waals surface area contributed by atoms with Gasteiger partial charge in [-0.25, -0.2) is 4.79 Å². The predicted octanol–water partition coefficient (Wildman–Crippen LogP) is 1.58. The van der Waals surface area contributed by atoms with Gasteiger partial charge >= 0.3 is 11.9 Å². The number of β-lactam (4-membered cyclic amide) rings is 1. The highest BCUT2D eigenvalue weighted by Gasteiger charge is 2.56. The molecule has 0 bridgehead atoms. The van der Waals surface area contributed by atoms with Crippen LogP contribution in [0, 0.1) is 0 Å². The van der Waals surface area contributed by atoms with E-state index < -0.39 is 41.2 Å². The monoisotopic (exact) mass is 482 g/mol. The predicted molar refractivity (Wildman–Crippen MR) is 117 cm³/mol. The van der Waals surface area contributed by atoms with Crippen LogP contribution in [0.25, 0.3) is 0 Å². The number of rotatable bonds is 9. The highest BCUT2D eigenvalue weighted by atomic mass is 35.5. The van der Waals surface area contributed by atoms with Gasteiger partial charge < -0.3 is 24.4 Å². The zero-order valence-corrected chi connectivity index (χ0v) is 19.1.